The molecule has 2 aliphatic rings. The second-order valence-corrected chi connectivity index (χ2v) is 7.21. The zero-order chi connectivity index (χ0) is 20.3. The molecule has 2 heterocycles. The molecule has 28 heavy (non-hydrogen) atoms. The van der Waals surface area contributed by atoms with E-state index in [1.807, 2.05) is 0 Å². The van der Waals surface area contributed by atoms with Crippen LogP contribution in [0.25, 0.3) is 0 Å². The highest BCUT2D eigenvalue weighted by Gasteiger charge is 2.41. The third-order valence-corrected chi connectivity index (χ3v) is 5.19. The Balaban J connectivity index is 1.81. The maximum atomic E-state index is 12.8. The summed E-state index contributed by atoms with van der Waals surface area (Å²) in [6, 6.07) is 4.25. The molecular weight excluding hydrogens is 364 g/mol. The molecule has 1 aromatic carbocycles. The first-order valence-electron chi connectivity index (χ1n) is 9.15. The van der Waals surface area contributed by atoms with Gasteiger partial charge in [-0.3, -0.25) is 9.59 Å². The van der Waals surface area contributed by atoms with E-state index in [1.165, 1.54) is 12.0 Å². The van der Waals surface area contributed by atoms with Gasteiger partial charge in [0, 0.05) is 25.2 Å². The van der Waals surface area contributed by atoms with Gasteiger partial charge in [0.1, 0.15) is 17.6 Å². The molecule has 9 nitrogen and oxygen atoms in total. The lowest BCUT2D eigenvalue weighted by molar-refractivity contribution is -0.133. The van der Waals surface area contributed by atoms with Crippen LogP contribution in [0.3, 0.4) is 0 Å². The Bertz CT molecular complexity index is 806. The lowest BCUT2D eigenvalue weighted by Crippen LogP contribution is -2.60. The summed E-state index contributed by atoms with van der Waals surface area (Å²) >= 11 is 0. The fraction of sp³-hybridized carbons (Fsp3) is 0.474. The molecule has 1 unspecified atom stereocenters. The molecule has 4 amide bonds. The number of primary amides is 1. The molecule has 3 rings (SSSR count). The molecule has 1 saturated heterocycles. The molecule has 1 fully saturated rings. The third-order valence-electron chi connectivity index (χ3n) is 5.19. The molecular formula is C19H24N4O5. The first-order chi connectivity index (χ1) is 13.4. The molecule has 0 radical (unpaired) electrons. The van der Waals surface area contributed by atoms with Crippen LogP contribution in [0.15, 0.2) is 18.2 Å². The summed E-state index contributed by atoms with van der Waals surface area (Å²) in [6.07, 6.45) is 2.07. The number of likely N-dealkylation sites (tertiary alicyclic amines) is 1. The molecule has 9 heteroatoms. The Morgan fingerprint density at radius 2 is 2.04 bits per heavy atom. The summed E-state index contributed by atoms with van der Waals surface area (Å²) in [7, 11) is 1.51. The predicted molar refractivity (Wildman–Crippen MR) is 99.7 cm³/mol. The SMILES string of the molecule is COc1ccc2c(c1)C(=O)N(CC(C=O)(CC(=O)N1CCCC1)NC(N)=O)C2. The summed E-state index contributed by atoms with van der Waals surface area (Å²) in [6.45, 7) is 1.37. The van der Waals surface area contributed by atoms with Crippen LogP contribution >= 0.6 is 0 Å². The highest BCUT2D eigenvalue weighted by atomic mass is 16.5. The van der Waals surface area contributed by atoms with Crippen LogP contribution in [-0.4, -0.2) is 66.2 Å². The topological polar surface area (TPSA) is 122 Å². The van der Waals surface area contributed by atoms with E-state index in [0.29, 0.717) is 30.7 Å². The number of methoxy groups -OCH3 is 1. The average molecular weight is 388 g/mol. The van der Waals surface area contributed by atoms with Crippen LogP contribution in [-0.2, 0) is 16.1 Å². The van der Waals surface area contributed by atoms with Gasteiger partial charge in [0.15, 0.2) is 0 Å². The number of fused-ring (bicyclic) bond motifs is 1. The van der Waals surface area contributed by atoms with Crippen molar-refractivity contribution in [1.82, 2.24) is 15.1 Å². The maximum Gasteiger partial charge on any atom is 0.313 e. The van der Waals surface area contributed by atoms with E-state index in [-0.39, 0.29) is 31.3 Å². The number of aldehydes is 1. The van der Waals surface area contributed by atoms with Gasteiger partial charge < -0.3 is 30.4 Å². The number of nitrogens with one attached hydrogen (secondary N) is 1. The van der Waals surface area contributed by atoms with Crippen molar-refractivity contribution < 1.29 is 23.9 Å². The number of benzene rings is 1. The number of nitrogens with zero attached hydrogens (tertiary/aromatic N) is 2. The van der Waals surface area contributed by atoms with E-state index in [9.17, 15) is 19.2 Å². The molecule has 150 valence electrons. The second kappa shape index (κ2) is 7.87. The highest BCUT2D eigenvalue weighted by molar-refractivity contribution is 5.99. The molecule has 2 aliphatic heterocycles. The fourth-order valence-electron chi connectivity index (χ4n) is 3.78. The van der Waals surface area contributed by atoms with Crippen LogP contribution in [0.5, 0.6) is 5.75 Å². The van der Waals surface area contributed by atoms with E-state index < -0.39 is 11.6 Å². The fourth-order valence-corrected chi connectivity index (χ4v) is 3.78. The normalized spacial score (nSPS) is 17.8. The molecule has 0 bridgehead atoms. The van der Waals surface area contributed by atoms with Gasteiger partial charge in [0.25, 0.3) is 5.91 Å². The van der Waals surface area contributed by atoms with Gasteiger partial charge in [-0.05, 0) is 30.5 Å². The Morgan fingerprint density at radius 3 is 2.64 bits per heavy atom. The molecule has 0 saturated carbocycles. The monoisotopic (exact) mass is 388 g/mol. The zero-order valence-electron chi connectivity index (χ0n) is 15.8. The van der Waals surface area contributed by atoms with Crippen molar-refractivity contribution in [3.8, 4) is 5.75 Å². The number of amides is 4. The van der Waals surface area contributed by atoms with Gasteiger partial charge in [-0.15, -0.1) is 0 Å². The minimum absolute atomic E-state index is 0.144. The molecule has 1 aromatic rings. The van der Waals surface area contributed by atoms with Crippen molar-refractivity contribution in [3.05, 3.63) is 29.3 Å². The number of carbonyl (C=O) groups is 4. The number of carbonyl (C=O) groups excluding carboxylic acids is 4. The summed E-state index contributed by atoms with van der Waals surface area (Å²) in [5.41, 5.74) is 4.95. The van der Waals surface area contributed by atoms with Gasteiger partial charge in [-0.2, -0.15) is 0 Å². The number of rotatable bonds is 7. The van der Waals surface area contributed by atoms with E-state index in [2.05, 4.69) is 5.32 Å². The van der Waals surface area contributed by atoms with Crippen LogP contribution in [0, 0.1) is 0 Å². The van der Waals surface area contributed by atoms with Gasteiger partial charge in [0.05, 0.1) is 20.1 Å². The number of urea groups is 1. The number of hydrogen-bond acceptors (Lipinski definition) is 5. The smallest absolute Gasteiger partial charge is 0.313 e. The van der Waals surface area contributed by atoms with E-state index in [1.54, 1.807) is 23.1 Å². The molecule has 0 aliphatic carbocycles. The Hall–Kier alpha value is -3.10. The Labute approximate surface area is 162 Å². The maximum absolute atomic E-state index is 12.8. The average Bonchev–Trinajstić information content (AvgIpc) is 3.30. The molecule has 0 aromatic heterocycles. The minimum atomic E-state index is -1.58. The van der Waals surface area contributed by atoms with E-state index >= 15 is 0 Å². The van der Waals surface area contributed by atoms with Gasteiger partial charge in [-0.25, -0.2) is 4.79 Å². The lowest BCUT2D eigenvalue weighted by atomic mass is 9.95. The predicted octanol–water partition coefficient (Wildman–Crippen LogP) is 0.270. The van der Waals surface area contributed by atoms with Crippen LogP contribution < -0.4 is 15.8 Å². The summed E-state index contributed by atoms with van der Waals surface area (Å²) < 4.78 is 5.16. The standard InChI is InChI=1S/C19H24N4O5/c1-28-14-5-4-13-10-23(17(26)15(13)8-14)11-19(12-24,21-18(20)27)9-16(25)22-6-2-3-7-22/h4-5,8,12H,2-3,6-7,9-11H2,1H3,(H3,20,21,27). The number of hydrogen-bond donors (Lipinski definition) is 2. The van der Waals surface area contributed by atoms with Gasteiger partial charge in [0.2, 0.25) is 5.91 Å². The summed E-state index contributed by atoms with van der Waals surface area (Å²) in [5, 5.41) is 2.40. The number of ether oxygens (including phenoxy) is 1. The quantitative estimate of drug-likeness (QED) is 0.649. The Kier molecular flexibility index (Phi) is 5.53. The first-order valence-corrected chi connectivity index (χ1v) is 9.15. The summed E-state index contributed by atoms with van der Waals surface area (Å²) in [4.78, 5) is 52.0. The minimum Gasteiger partial charge on any atom is -0.497 e. The summed E-state index contributed by atoms with van der Waals surface area (Å²) in [5.74, 6) is 0.0132. The lowest BCUT2D eigenvalue weighted by Gasteiger charge is -2.33. The Morgan fingerprint density at radius 1 is 1.32 bits per heavy atom. The molecule has 1 atom stereocenters. The third kappa shape index (κ3) is 3.92. The van der Waals surface area contributed by atoms with Crippen LogP contribution in [0.2, 0.25) is 0 Å². The zero-order valence-corrected chi connectivity index (χ0v) is 15.8. The van der Waals surface area contributed by atoms with Crippen molar-refractivity contribution >= 4 is 24.1 Å². The van der Waals surface area contributed by atoms with Crippen LogP contribution in [0.4, 0.5) is 4.79 Å². The van der Waals surface area contributed by atoms with Gasteiger partial charge >= 0.3 is 6.03 Å². The largest absolute Gasteiger partial charge is 0.497 e. The van der Waals surface area contributed by atoms with Crippen molar-refractivity contribution in [1.29, 1.82) is 0 Å². The molecule has 3 N–H and O–H groups in total. The van der Waals surface area contributed by atoms with E-state index in [4.69, 9.17) is 10.5 Å². The van der Waals surface area contributed by atoms with Crippen molar-refractivity contribution in [2.45, 2.75) is 31.3 Å². The van der Waals surface area contributed by atoms with Crippen LogP contribution in [0.1, 0.15) is 35.2 Å². The molecule has 0 spiro atoms. The van der Waals surface area contributed by atoms with Gasteiger partial charge in [-0.1, -0.05) is 6.07 Å². The van der Waals surface area contributed by atoms with Crippen molar-refractivity contribution in [2.24, 2.45) is 5.73 Å². The van der Waals surface area contributed by atoms with E-state index in [0.717, 1.165) is 18.4 Å². The highest BCUT2D eigenvalue weighted by Crippen LogP contribution is 2.28. The number of nitrogens with two attached hydrogens (primary N) is 1. The van der Waals surface area contributed by atoms with Crippen molar-refractivity contribution in [2.75, 3.05) is 26.7 Å². The second-order valence-electron chi connectivity index (χ2n) is 7.21. The van der Waals surface area contributed by atoms with Crippen molar-refractivity contribution in [3.63, 3.8) is 0 Å². The first kappa shape index (κ1) is 19.7.